The van der Waals surface area contributed by atoms with Crippen LogP contribution in [-0.4, -0.2) is 40.3 Å². The van der Waals surface area contributed by atoms with Crippen LogP contribution in [-0.2, 0) is 4.79 Å². The van der Waals surface area contributed by atoms with Crippen molar-refractivity contribution in [3.05, 3.63) is 40.5 Å². The number of carbonyl (C=O) groups is 1. The lowest BCUT2D eigenvalue weighted by molar-refractivity contribution is -0.141. The van der Waals surface area contributed by atoms with Crippen molar-refractivity contribution in [2.75, 3.05) is 19.7 Å². The van der Waals surface area contributed by atoms with Gasteiger partial charge in [-0.25, -0.2) is 4.68 Å². The molecule has 138 valence electrons. The molecule has 2 heterocycles. The minimum atomic E-state index is 0.116. The van der Waals surface area contributed by atoms with Crippen molar-refractivity contribution < 1.29 is 9.53 Å². The summed E-state index contributed by atoms with van der Waals surface area (Å²) in [6.07, 6.45) is 6.10. The molecule has 4 rings (SSSR count). The van der Waals surface area contributed by atoms with Gasteiger partial charge in [-0.3, -0.25) is 4.79 Å². The van der Waals surface area contributed by atoms with E-state index in [1.54, 1.807) is 16.8 Å². The zero-order valence-corrected chi connectivity index (χ0v) is 15.9. The standard InChI is InChI=1S/C19H21Cl2N3O2/c20-16-6-4-14(11-17(16)21)24-10-7-18(22-24)26-12-13-3-5-15(13)19(25)23-8-1-2-9-23/h4,6-7,10-11,13,15H,1-3,5,8-9,12H2/t13-,15+/m0/s1. The predicted octanol–water partition coefficient (Wildman–Crippen LogP) is 4.21. The quantitative estimate of drug-likeness (QED) is 0.764. The smallest absolute Gasteiger partial charge is 0.233 e. The van der Waals surface area contributed by atoms with Crippen LogP contribution in [0.25, 0.3) is 5.69 Å². The highest BCUT2D eigenvalue weighted by atomic mass is 35.5. The molecule has 0 spiro atoms. The first-order valence-electron chi connectivity index (χ1n) is 9.04. The molecule has 0 radical (unpaired) electrons. The first kappa shape index (κ1) is 17.7. The summed E-state index contributed by atoms with van der Waals surface area (Å²) in [4.78, 5) is 14.5. The topological polar surface area (TPSA) is 47.4 Å². The number of nitrogens with zero attached hydrogens (tertiary/aromatic N) is 3. The molecule has 1 aromatic carbocycles. The monoisotopic (exact) mass is 393 g/mol. The Balaban J connectivity index is 1.34. The molecule has 1 aromatic heterocycles. The van der Waals surface area contributed by atoms with E-state index in [4.69, 9.17) is 27.9 Å². The van der Waals surface area contributed by atoms with Gasteiger partial charge in [0, 0.05) is 37.2 Å². The van der Waals surface area contributed by atoms with Gasteiger partial charge in [0.05, 0.1) is 22.3 Å². The molecule has 0 unspecified atom stereocenters. The van der Waals surface area contributed by atoms with Gasteiger partial charge in [0.1, 0.15) is 0 Å². The Morgan fingerprint density at radius 3 is 2.65 bits per heavy atom. The first-order valence-corrected chi connectivity index (χ1v) is 9.80. The summed E-state index contributed by atoms with van der Waals surface area (Å²) in [5.74, 6) is 1.27. The number of carbonyl (C=O) groups excluding carboxylic acids is 1. The Hall–Kier alpha value is -1.72. The number of benzene rings is 1. The van der Waals surface area contributed by atoms with Crippen molar-refractivity contribution in [2.24, 2.45) is 11.8 Å². The Kier molecular flexibility index (Phi) is 5.09. The molecule has 2 fully saturated rings. The molecule has 5 nitrogen and oxygen atoms in total. The van der Waals surface area contributed by atoms with Gasteiger partial charge in [0.15, 0.2) is 0 Å². The van der Waals surface area contributed by atoms with Gasteiger partial charge < -0.3 is 9.64 Å². The van der Waals surface area contributed by atoms with Crippen LogP contribution in [0.2, 0.25) is 10.0 Å². The predicted molar refractivity (Wildman–Crippen MR) is 101 cm³/mol. The number of aromatic nitrogens is 2. The van der Waals surface area contributed by atoms with Gasteiger partial charge in [-0.15, -0.1) is 5.10 Å². The second-order valence-electron chi connectivity index (χ2n) is 6.98. The van der Waals surface area contributed by atoms with Gasteiger partial charge in [0.25, 0.3) is 0 Å². The average Bonchev–Trinajstić information content (AvgIpc) is 3.28. The SMILES string of the molecule is O=C([C@@H]1CC[C@H]1COc1ccn(-c2ccc(Cl)c(Cl)c2)n1)N1CCCC1. The van der Waals surface area contributed by atoms with E-state index in [1.165, 1.54) is 0 Å². The highest BCUT2D eigenvalue weighted by Crippen LogP contribution is 2.36. The molecule has 2 aromatic rings. The van der Waals surface area contributed by atoms with Crippen molar-refractivity contribution in [2.45, 2.75) is 25.7 Å². The van der Waals surface area contributed by atoms with Crippen LogP contribution in [0.5, 0.6) is 5.88 Å². The normalized spacial score (nSPS) is 22.3. The van der Waals surface area contributed by atoms with Gasteiger partial charge in [-0.1, -0.05) is 23.2 Å². The number of hydrogen-bond donors (Lipinski definition) is 0. The molecule has 2 atom stereocenters. The fraction of sp³-hybridized carbons (Fsp3) is 0.474. The number of ether oxygens (including phenoxy) is 1. The number of rotatable bonds is 5. The van der Waals surface area contributed by atoms with Gasteiger partial charge in [-0.05, 0) is 43.9 Å². The van der Waals surface area contributed by atoms with E-state index in [9.17, 15) is 4.79 Å². The third kappa shape index (κ3) is 3.55. The Labute approximate surface area is 162 Å². The molecule has 1 saturated heterocycles. The first-order chi connectivity index (χ1) is 12.6. The molecule has 26 heavy (non-hydrogen) atoms. The molecule has 1 aliphatic carbocycles. The van der Waals surface area contributed by atoms with E-state index in [-0.39, 0.29) is 5.92 Å². The highest BCUT2D eigenvalue weighted by Gasteiger charge is 2.39. The van der Waals surface area contributed by atoms with E-state index < -0.39 is 0 Å². The third-order valence-corrected chi connectivity index (χ3v) is 6.07. The fourth-order valence-electron chi connectivity index (χ4n) is 3.61. The summed E-state index contributed by atoms with van der Waals surface area (Å²) < 4.78 is 7.55. The summed E-state index contributed by atoms with van der Waals surface area (Å²) in [6, 6.07) is 7.17. The molecule has 0 N–H and O–H groups in total. The van der Waals surface area contributed by atoms with Crippen molar-refractivity contribution in [3.63, 3.8) is 0 Å². The fourth-order valence-corrected chi connectivity index (χ4v) is 3.91. The zero-order valence-electron chi connectivity index (χ0n) is 14.4. The maximum atomic E-state index is 12.5. The average molecular weight is 394 g/mol. The Morgan fingerprint density at radius 2 is 1.96 bits per heavy atom. The van der Waals surface area contributed by atoms with E-state index in [2.05, 4.69) is 5.10 Å². The molecule has 7 heteroatoms. The van der Waals surface area contributed by atoms with Crippen molar-refractivity contribution >= 4 is 29.1 Å². The Morgan fingerprint density at radius 1 is 1.15 bits per heavy atom. The summed E-state index contributed by atoms with van der Waals surface area (Å²) >= 11 is 12.0. The molecule has 1 amide bonds. The van der Waals surface area contributed by atoms with Crippen LogP contribution < -0.4 is 4.74 Å². The van der Waals surface area contributed by atoms with Crippen molar-refractivity contribution in [3.8, 4) is 11.6 Å². The van der Waals surface area contributed by atoms with Crippen LogP contribution in [0.1, 0.15) is 25.7 Å². The molecular formula is C19H21Cl2N3O2. The zero-order chi connectivity index (χ0) is 18.1. The van der Waals surface area contributed by atoms with Crippen molar-refractivity contribution in [1.29, 1.82) is 0 Å². The lowest BCUT2D eigenvalue weighted by atomic mass is 9.73. The number of hydrogen-bond acceptors (Lipinski definition) is 3. The van der Waals surface area contributed by atoms with Crippen molar-refractivity contribution in [1.82, 2.24) is 14.7 Å². The van der Waals surface area contributed by atoms with Crippen LogP contribution in [0, 0.1) is 11.8 Å². The molecule has 1 saturated carbocycles. The molecule has 1 aliphatic heterocycles. The Bertz CT molecular complexity index is 802. The number of amides is 1. The van der Waals surface area contributed by atoms with Gasteiger partial charge in [0.2, 0.25) is 11.8 Å². The minimum absolute atomic E-state index is 0.116. The second kappa shape index (κ2) is 7.49. The van der Waals surface area contributed by atoms with Crippen LogP contribution in [0.15, 0.2) is 30.5 Å². The highest BCUT2D eigenvalue weighted by molar-refractivity contribution is 6.42. The summed E-state index contributed by atoms with van der Waals surface area (Å²) in [5, 5.41) is 5.42. The summed E-state index contributed by atoms with van der Waals surface area (Å²) in [6.45, 7) is 2.36. The minimum Gasteiger partial charge on any atom is -0.476 e. The number of likely N-dealkylation sites (tertiary alicyclic amines) is 1. The van der Waals surface area contributed by atoms with Gasteiger partial charge >= 0.3 is 0 Å². The second-order valence-corrected chi connectivity index (χ2v) is 7.80. The van der Waals surface area contributed by atoms with Crippen LogP contribution in [0.4, 0.5) is 0 Å². The van der Waals surface area contributed by atoms with E-state index >= 15 is 0 Å². The molecule has 2 aliphatic rings. The van der Waals surface area contributed by atoms with Gasteiger partial charge in [-0.2, -0.15) is 0 Å². The molecular weight excluding hydrogens is 373 g/mol. The lowest BCUT2D eigenvalue weighted by Crippen LogP contribution is -2.44. The van der Waals surface area contributed by atoms with E-state index in [1.807, 2.05) is 23.2 Å². The maximum Gasteiger partial charge on any atom is 0.233 e. The third-order valence-electron chi connectivity index (χ3n) is 5.33. The lowest BCUT2D eigenvalue weighted by Gasteiger charge is -2.37. The molecule has 0 bridgehead atoms. The number of halogens is 2. The van der Waals surface area contributed by atoms with E-state index in [0.717, 1.165) is 44.5 Å². The van der Waals surface area contributed by atoms with Crippen LogP contribution in [0.3, 0.4) is 0 Å². The van der Waals surface area contributed by atoms with Crippen LogP contribution >= 0.6 is 23.2 Å². The maximum absolute atomic E-state index is 12.5. The largest absolute Gasteiger partial charge is 0.476 e. The summed E-state index contributed by atoms with van der Waals surface area (Å²) in [5.41, 5.74) is 0.819. The summed E-state index contributed by atoms with van der Waals surface area (Å²) in [7, 11) is 0. The van der Waals surface area contributed by atoms with E-state index in [0.29, 0.717) is 34.4 Å².